The molecule has 1 aromatic rings. The minimum atomic E-state index is -0.665. The molecule has 7 heteroatoms. The highest BCUT2D eigenvalue weighted by Crippen LogP contribution is 2.46. The van der Waals surface area contributed by atoms with Crippen molar-refractivity contribution in [2.45, 2.75) is 135 Å². The number of fused-ring (bicyclic) bond motifs is 1. The van der Waals surface area contributed by atoms with Gasteiger partial charge in [-0.25, -0.2) is 4.39 Å². The highest BCUT2D eigenvalue weighted by molar-refractivity contribution is 5.22. The van der Waals surface area contributed by atoms with Crippen LogP contribution in [0, 0.1) is 12.7 Å². The first kappa shape index (κ1) is 27.0. The maximum absolute atomic E-state index is 14.6. The van der Waals surface area contributed by atoms with Crippen molar-refractivity contribution in [2.24, 2.45) is 0 Å². The van der Waals surface area contributed by atoms with E-state index >= 15 is 0 Å². The van der Waals surface area contributed by atoms with E-state index in [0.29, 0.717) is 12.2 Å². The number of halogens is 1. The van der Waals surface area contributed by atoms with E-state index in [0.717, 1.165) is 56.9 Å². The second-order valence-corrected chi connectivity index (χ2v) is 10.3. The highest BCUT2D eigenvalue weighted by Gasteiger charge is 2.61. The maximum atomic E-state index is 14.6. The Morgan fingerprint density at radius 2 is 1.54 bits per heavy atom. The maximum Gasteiger partial charge on any atom is 0.190 e. The number of aryl methyl sites for hydroxylation is 1. The molecule has 3 heterocycles. The fraction of sp³-hybridized carbons (Fsp3) is 0.786. The Morgan fingerprint density at radius 1 is 0.886 bits per heavy atom. The Bertz CT molecular complexity index is 820. The summed E-state index contributed by atoms with van der Waals surface area (Å²) in [6, 6.07) is 5.21. The zero-order valence-corrected chi connectivity index (χ0v) is 22.0. The van der Waals surface area contributed by atoms with E-state index in [9.17, 15) is 4.39 Å². The molecule has 0 saturated carbocycles. The van der Waals surface area contributed by atoms with E-state index in [4.69, 9.17) is 28.4 Å². The molecular formula is C28H43FO6. The summed E-state index contributed by atoms with van der Waals surface area (Å²) in [5.74, 6) is -1.52. The monoisotopic (exact) mass is 494 g/mol. The zero-order valence-electron chi connectivity index (χ0n) is 22.0. The molecule has 4 rings (SSSR count). The van der Waals surface area contributed by atoms with Gasteiger partial charge in [-0.2, -0.15) is 0 Å². The lowest BCUT2D eigenvalue weighted by atomic mass is 10.0. The first-order valence-corrected chi connectivity index (χ1v) is 13.6. The van der Waals surface area contributed by atoms with Crippen molar-refractivity contribution in [3.05, 3.63) is 35.1 Å². The number of rotatable bonds is 12. The fourth-order valence-electron chi connectivity index (χ4n) is 5.81. The molecule has 35 heavy (non-hydrogen) atoms. The lowest BCUT2D eigenvalue weighted by molar-refractivity contribution is -0.258. The van der Waals surface area contributed by atoms with E-state index in [1.54, 1.807) is 6.07 Å². The van der Waals surface area contributed by atoms with Crippen LogP contribution in [0.5, 0.6) is 0 Å². The molecule has 3 aliphatic heterocycles. The smallest absolute Gasteiger partial charge is 0.190 e. The van der Waals surface area contributed by atoms with E-state index in [2.05, 4.69) is 27.7 Å². The van der Waals surface area contributed by atoms with Gasteiger partial charge >= 0.3 is 0 Å². The van der Waals surface area contributed by atoms with E-state index in [-0.39, 0.29) is 18.5 Å². The van der Waals surface area contributed by atoms with Gasteiger partial charge in [-0.1, -0.05) is 65.5 Å². The van der Waals surface area contributed by atoms with Crippen LogP contribution < -0.4 is 0 Å². The van der Waals surface area contributed by atoms with Crippen LogP contribution in [0.4, 0.5) is 4.39 Å². The molecule has 3 fully saturated rings. The quantitative estimate of drug-likeness (QED) is 0.346. The number of benzene rings is 1. The van der Waals surface area contributed by atoms with Crippen LogP contribution in [0.15, 0.2) is 18.2 Å². The molecule has 198 valence electrons. The largest absolute Gasteiger partial charge is 0.368 e. The molecule has 5 atom stereocenters. The van der Waals surface area contributed by atoms with Gasteiger partial charge < -0.3 is 28.4 Å². The summed E-state index contributed by atoms with van der Waals surface area (Å²) in [6.07, 6.45) is 4.96. The first-order chi connectivity index (χ1) is 16.9. The number of ether oxygens (including phenoxy) is 6. The summed E-state index contributed by atoms with van der Waals surface area (Å²) in [5.41, 5.74) is 1.39. The van der Waals surface area contributed by atoms with Crippen LogP contribution in [-0.4, -0.2) is 48.9 Å². The third-order valence-electron chi connectivity index (χ3n) is 7.30. The van der Waals surface area contributed by atoms with Crippen molar-refractivity contribution in [1.29, 1.82) is 0 Å². The second-order valence-electron chi connectivity index (χ2n) is 10.3. The van der Waals surface area contributed by atoms with Crippen molar-refractivity contribution < 1.29 is 32.8 Å². The van der Waals surface area contributed by atoms with Crippen molar-refractivity contribution in [3.63, 3.8) is 0 Å². The summed E-state index contributed by atoms with van der Waals surface area (Å²) < 4.78 is 53.2. The number of hydrogen-bond donors (Lipinski definition) is 0. The predicted octanol–water partition coefficient (Wildman–Crippen LogP) is 6.17. The molecule has 3 saturated heterocycles. The SMILES string of the molecule is CCCC1(CCC)O[C@H]2O[C@H]([C@H]3COC(CCC)(CCC)O3)[C@H](OCc3ccc(C)cc3F)[C@H]2O1. The normalized spacial score (nSPS) is 31.2. The third-order valence-corrected chi connectivity index (χ3v) is 7.30. The minimum absolute atomic E-state index is 0.125. The molecule has 1 aromatic carbocycles. The van der Waals surface area contributed by atoms with Crippen molar-refractivity contribution >= 4 is 0 Å². The van der Waals surface area contributed by atoms with Gasteiger partial charge in [-0.05, 0) is 18.6 Å². The fourth-order valence-corrected chi connectivity index (χ4v) is 5.81. The van der Waals surface area contributed by atoms with Crippen LogP contribution in [0.25, 0.3) is 0 Å². The predicted molar refractivity (Wildman–Crippen MR) is 130 cm³/mol. The summed E-state index contributed by atoms with van der Waals surface area (Å²) in [6.45, 7) is 11.0. The first-order valence-electron chi connectivity index (χ1n) is 13.6. The van der Waals surface area contributed by atoms with Gasteiger partial charge in [-0.15, -0.1) is 0 Å². The molecular weight excluding hydrogens is 451 g/mol. The summed E-state index contributed by atoms with van der Waals surface area (Å²) >= 11 is 0. The van der Waals surface area contributed by atoms with Crippen LogP contribution in [0.3, 0.4) is 0 Å². The molecule has 0 aromatic heterocycles. The second kappa shape index (κ2) is 11.5. The Labute approximate surface area is 209 Å². The van der Waals surface area contributed by atoms with Crippen LogP contribution in [0.1, 0.15) is 90.2 Å². The van der Waals surface area contributed by atoms with Gasteiger partial charge in [0.15, 0.2) is 17.9 Å². The van der Waals surface area contributed by atoms with Gasteiger partial charge in [-0.3, -0.25) is 0 Å². The van der Waals surface area contributed by atoms with Crippen molar-refractivity contribution in [2.75, 3.05) is 6.61 Å². The van der Waals surface area contributed by atoms with E-state index in [1.807, 2.05) is 13.0 Å². The van der Waals surface area contributed by atoms with Crippen LogP contribution in [0.2, 0.25) is 0 Å². The Morgan fingerprint density at radius 3 is 2.17 bits per heavy atom. The summed E-state index contributed by atoms with van der Waals surface area (Å²) in [5, 5.41) is 0. The average Bonchev–Trinajstić information content (AvgIpc) is 3.46. The Balaban J connectivity index is 1.54. The molecule has 0 bridgehead atoms. The minimum Gasteiger partial charge on any atom is -0.368 e. The van der Waals surface area contributed by atoms with E-state index < -0.39 is 36.2 Å². The molecule has 6 nitrogen and oxygen atoms in total. The standard InChI is InChI=1S/C28H43FO6/c1-6-12-27(13-7-2)31-18-22(33-27)23-24(30-17-20-11-10-19(5)16-21(20)29)25-26(32-23)35-28(34-25,14-8-3)15-9-4/h10-11,16,22-26H,6-9,12-15,17-18H2,1-5H3/t22-,23-,24+,25-,26-/m1/s1. The van der Waals surface area contributed by atoms with Crippen molar-refractivity contribution in [3.8, 4) is 0 Å². The molecule has 0 amide bonds. The topological polar surface area (TPSA) is 55.4 Å². The van der Waals surface area contributed by atoms with Gasteiger partial charge in [0.05, 0.1) is 13.2 Å². The average molecular weight is 495 g/mol. The Kier molecular flexibility index (Phi) is 8.88. The molecule has 3 aliphatic rings. The van der Waals surface area contributed by atoms with Gasteiger partial charge in [0.1, 0.15) is 30.2 Å². The zero-order chi connectivity index (χ0) is 25.1. The molecule has 0 radical (unpaired) electrons. The van der Waals surface area contributed by atoms with Gasteiger partial charge in [0.2, 0.25) is 0 Å². The molecule has 0 aliphatic carbocycles. The third kappa shape index (κ3) is 5.76. The van der Waals surface area contributed by atoms with Crippen LogP contribution >= 0.6 is 0 Å². The Hall–Kier alpha value is -1.09. The molecule has 0 spiro atoms. The van der Waals surface area contributed by atoms with Crippen molar-refractivity contribution in [1.82, 2.24) is 0 Å². The molecule has 0 N–H and O–H groups in total. The summed E-state index contributed by atoms with van der Waals surface area (Å²) in [4.78, 5) is 0. The van der Waals surface area contributed by atoms with Gasteiger partial charge in [0, 0.05) is 31.2 Å². The number of hydrogen-bond acceptors (Lipinski definition) is 6. The van der Waals surface area contributed by atoms with E-state index in [1.165, 1.54) is 6.07 Å². The highest BCUT2D eigenvalue weighted by atomic mass is 19.1. The lowest BCUT2D eigenvalue weighted by Gasteiger charge is -2.33. The lowest BCUT2D eigenvalue weighted by Crippen LogP contribution is -2.45. The summed E-state index contributed by atoms with van der Waals surface area (Å²) in [7, 11) is 0. The molecule has 0 unspecified atom stereocenters. The van der Waals surface area contributed by atoms with Crippen LogP contribution in [-0.2, 0) is 35.0 Å². The van der Waals surface area contributed by atoms with Gasteiger partial charge in [0.25, 0.3) is 0 Å².